The Balaban J connectivity index is 2.00. The minimum absolute atomic E-state index is 0.0753. The van der Waals surface area contributed by atoms with Gasteiger partial charge in [-0.05, 0) is 25.2 Å². The van der Waals surface area contributed by atoms with Gasteiger partial charge in [-0.1, -0.05) is 32.6 Å². The number of benzene rings is 1. The standard InChI is InChI=1S/C16H22F3N/c1-2-4-11-5-3-6-13(8-7-11)20-16-14(18)9-12(17)10-15(16)19/h9-11,13,20H,2-8H2,1H3. The van der Waals surface area contributed by atoms with E-state index in [9.17, 15) is 13.2 Å². The molecule has 1 saturated carbocycles. The van der Waals surface area contributed by atoms with Crippen LogP contribution in [0, 0.1) is 23.4 Å². The molecular formula is C16H22F3N. The first-order valence-corrected chi connectivity index (χ1v) is 7.51. The molecule has 0 amide bonds. The predicted molar refractivity (Wildman–Crippen MR) is 75.2 cm³/mol. The van der Waals surface area contributed by atoms with Gasteiger partial charge in [0.25, 0.3) is 0 Å². The van der Waals surface area contributed by atoms with Crippen LogP contribution in [0.4, 0.5) is 18.9 Å². The molecule has 0 bridgehead atoms. The van der Waals surface area contributed by atoms with Crippen LogP contribution in [0.15, 0.2) is 12.1 Å². The fraction of sp³-hybridized carbons (Fsp3) is 0.625. The number of rotatable bonds is 4. The Hall–Kier alpha value is -1.19. The lowest BCUT2D eigenvalue weighted by Crippen LogP contribution is -2.20. The molecule has 0 aliphatic heterocycles. The van der Waals surface area contributed by atoms with Crippen molar-refractivity contribution in [1.29, 1.82) is 0 Å². The molecule has 0 spiro atoms. The zero-order chi connectivity index (χ0) is 14.5. The summed E-state index contributed by atoms with van der Waals surface area (Å²) >= 11 is 0. The van der Waals surface area contributed by atoms with Gasteiger partial charge < -0.3 is 5.32 Å². The molecule has 4 heteroatoms. The van der Waals surface area contributed by atoms with Gasteiger partial charge in [-0.25, -0.2) is 13.2 Å². The normalized spacial score (nSPS) is 23.4. The zero-order valence-corrected chi connectivity index (χ0v) is 11.9. The third-order valence-corrected chi connectivity index (χ3v) is 4.14. The SMILES string of the molecule is CCCC1CCCC(Nc2c(F)cc(F)cc2F)CC1. The average molecular weight is 285 g/mol. The highest BCUT2D eigenvalue weighted by Gasteiger charge is 2.21. The fourth-order valence-electron chi connectivity index (χ4n) is 3.10. The molecule has 112 valence electrons. The quantitative estimate of drug-likeness (QED) is 0.744. The number of hydrogen-bond donors (Lipinski definition) is 1. The van der Waals surface area contributed by atoms with Crippen LogP contribution in [-0.2, 0) is 0 Å². The van der Waals surface area contributed by atoms with Gasteiger partial charge in [0.2, 0.25) is 0 Å². The van der Waals surface area contributed by atoms with E-state index in [0.29, 0.717) is 0 Å². The Labute approximate surface area is 118 Å². The van der Waals surface area contributed by atoms with E-state index in [-0.39, 0.29) is 11.7 Å². The molecule has 0 aromatic heterocycles. The number of hydrogen-bond acceptors (Lipinski definition) is 1. The van der Waals surface area contributed by atoms with E-state index in [0.717, 1.165) is 43.7 Å². The molecule has 2 rings (SSSR count). The summed E-state index contributed by atoms with van der Waals surface area (Å²) in [5, 5.41) is 2.93. The second-order valence-electron chi connectivity index (χ2n) is 5.75. The molecular weight excluding hydrogens is 263 g/mol. The van der Waals surface area contributed by atoms with Crippen LogP contribution in [0.3, 0.4) is 0 Å². The summed E-state index contributed by atoms with van der Waals surface area (Å²) in [6, 6.07) is 1.52. The summed E-state index contributed by atoms with van der Waals surface area (Å²) in [6.07, 6.45) is 7.61. The fourth-order valence-corrected chi connectivity index (χ4v) is 3.10. The summed E-state index contributed by atoms with van der Waals surface area (Å²) in [7, 11) is 0. The first kappa shape index (κ1) is 15.2. The minimum atomic E-state index is -0.880. The van der Waals surface area contributed by atoms with E-state index in [1.54, 1.807) is 0 Å². The van der Waals surface area contributed by atoms with Gasteiger partial charge in [0.15, 0.2) is 11.6 Å². The van der Waals surface area contributed by atoms with E-state index in [1.807, 2.05) is 0 Å². The number of nitrogens with one attached hydrogen (secondary N) is 1. The summed E-state index contributed by atoms with van der Waals surface area (Å²) < 4.78 is 40.1. The number of anilines is 1. The molecule has 2 atom stereocenters. The van der Waals surface area contributed by atoms with Crippen molar-refractivity contribution in [2.24, 2.45) is 5.92 Å². The molecule has 2 unspecified atom stereocenters. The average Bonchev–Trinajstić information content (AvgIpc) is 2.60. The molecule has 20 heavy (non-hydrogen) atoms. The van der Waals surface area contributed by atoms with Gasteiger partial charge in [0, 0.05) is 18.2 Å². The first-order valence-electron chi connectivity index (χ1n) is 7.51. The van der Waals surface area contributed by atoms with Gasteiger partial charge in [0.05, 0.1) is 0 Å². The molecule has 0 radical (unpaired) electrons. The minimum Gasteiger partial charge on any atom is -0.378 e. The highest BCUT2D eigenvalue weighted by Crippen LogP contribution is 2.29. The highest BCUT2D eigenvalue weighted by atomic mass is 19.1. The van der Waals surface area contributed by atoms with Crippen molar-refractivity contribution >= 4 is 5.69 Å². The molecule has 1 aromatic carbocycles. The molecule has 1 fully saturated rings. The lowest BCUT2D eigenvalue weighted by molar-refractivity contribution is 0.422. The van der Waals surface area contributed by atoms with Crippen LogP contribution >= 0.6 is 0 Å². The summed E-state index contributed by atoms with van der Waals surface area (Å²) in [5.74, 6) is -1.85. The van der Waals surface area contributed by atoms with Crippen molar-refractivity contribution in [2.45, 2.75) is 57.9 Å². The van der Waals surface area contributed by atoms with Crippen LogP contribution in [0.25, 0.3) is 0 Å². The molecule has 0 saturated heterocycles. The van der Waals surface area contributed by atoms with Crippen LogP contribution in [-0.4, -0.2) is 6.04 Å². The first-order chi connectivity index (χ1) is 9.60. The van der Waals surface area contributed by atoms with Gasteiger partial charge in [-0.3, -0.25) is 0 Å². The van der Waals surface area contributed by atoms with Crippen molar-refractivity contribution in [3.05, 3.63) is 29.6 Å². The molecule has 1 N–H and O–H groups in total. The van der Waals surface area contributed by atoms with Crippen molar-refractivity contribution in [2.75, 3.05) is 5.32 Å². The number of halogens is 3. The molecule has 0 heterocycles. The summed E-state index contributed by atoms with van der Waals surface area (Å²) in [6.45, 7) is 2.18. The molecule has 1 aliphatic carbocycles. The van der Waals surface area contributed by atoms with E-state index in [4.69, 9.17) is 0 Å². The van der Waals surface area contributed by atoms with Crippen molar-refractivity contribution in [1.82, 2.24) is 0 Å². The maximum absolute atomic E-state index is 13.6. The van der Waals surface area contributed by atoms with Crippen LogP contribution < -0.4 is 5.32 Å². The Morgan fingerprint density at radius 2 is 1.75 bits per heavy atom. The van der Waals surface area contributed by atoms with Crippen LogP contribution in [0.2, 0.25) is 0 Å². The van der Waals surface area contributed by atoms with Crippen LogP contribution in [0.5, 0.6) is 0 Å². The van der Waals surface area contributed by atoms with E-state index in [2.05, 4.69) is 12.2 Å². The summed E-state index contributed by atoms with van der Waals surface area (Å²) in [5.41, 5.74) is -0.189. The Morgan fingerprint density at radius 1 is 1.05 bits per heavy atom. The molecule has 1 nitrogen and oxygen atoms in total. The van der Waals surface area contributed by atoms with Gasteiger partial charge in [0.1, 0.15) is 11.5 Å². The van der Waals surface area contributed by atoms with Crippen molar-refractivity contribution < 1.29 is 13.2 Å². The maximum Gasteiger partial charge on any atom is 0.152 e. The molecule has 1 aromatic rings. The Bertz CT molecular complexity index is 424. The molecule has 1 aliphatic rings. The third kappa shape index (κ3) is 3.90. The zero-order valence-electron chi connectivity index (χ0n) is 11.9. The van der Waals surface area contributed by atoms with E-state index < -0.39 is 17.5 Å². The van der Waals surface area contributed by atoms with Gasteiger partial charge >= 0.3 is 0 Å². The Morgan fingerprint density at radius 3 is 2.40 bits per heavy atom. The van der Waals surface area contributed by atoms with Gasteiger partial charge in [-0.15, -0.1) is 0 Å². The predicted octanol–water partition coefficient (Wildman–Crippen LogP) is 5.26. The lowest BCUT2D eigenvalue weighted by Gasteiger charge is -2.19. The van der Waals surface area contributed by atoms with Gasteiger partial charge in [-0.2, -0.15) is 0 Å². The summed E-state index contributed by atoms with van der Waals surface area (Å²) in [4.78, 5) is 0. The highest BCUT2D eigenvalue weighted by molar-refractivity contribution is 5.47. The topological polar surface area (TPSA) is 12.0 Å². The second kappa shape index (κ2) is 7.00. The lowest BCUT2D eigenvalue weighted by atomic mass is 9.95. The van der Waals surface area contributed by atoms with E-state index >= 15 is 0 Å². The monoisotopic (exact) mass is 285 g/mol. The second-order valence-corrected chi connectivity index (χ2v) is 5.75. The smallest absolute Gasteiger partial charge is 0.152 e. The van der Waals surface area contributed by atoms with Crippen molar-refractivity contribution in [3.63, 3.8) is 0 Å². The largest absolute Gasteiger partial charge is 0.378 e. The Kier molecular flexibility index (Phi) is 5.32. The van der Waals surface area contributed by atoms with Crippen LogP contribution in [0.1, 0.15) is 51.9 Å². The maximum atomic E-state index is 13.6. The van der Waals surface area contributed by atoms with E-state index in [1.165, 1.54) is 19.3 Å². The van der Waals surface area contributed by atoms with Crippen molar-refractivity contribution in [3.8, 4) is 0 Å². The third-order valence-electron chi connectivity index (χ3n) is 4.14.